The molecule has 0 aromatic heterocycles. The molecule has 0 aliphatic carbocycles. The molecule has 0 saturated carbocycles. The lowest BCUT2D eigenvalue weighted by atomic mass is 10.1. The fourth-order valence-electron chi connectivity index (χ4n) is 1.60. The quantitative estimate of drug-likeness (QED) is 0.673. The van der Waals surface area contributed by atoms with Crippen LogP contribution in [0.2, 0.25) is 0 Å². The number of carbonyl (C=O) groups is 2. The minimum Gasteiger partial charge on any atom is -0.481 e. The maximum atomic E-state index is 11.5. The van der Waals surface area contributed by atoms with Gasteiger partial charge in [-0.05, 0) is 18.1 Å². The van der Waals surface area contributed by atoms with Crippen molar-refractivity contribution in [3.05, 3.63) is 35.4 Å². The van der Waals surface area contributed by atoms with Gasteiger partial charge in [0.2, 0.25) is 0 Å². The Morgan fingerprint density at radius 1 is 1.20 bits per heavy atom. The summed E-state index contributed by atoms with van der Waals surface area (Å²) < 4.78 is 5.36. The van der Waals surface area contributed by atoms with Crippen molar-refractivity contribution in [3.8, 4) is 0 Å². The molecule has 110 valence electrons. The molecule has 0 atom stereocenters. The lowest BCUT2D eigenvalue weighted by Gasteiger charge is -2.11. The van der Waals surface area contributed by atoms with Crippen molar-refractivity contribution in [2.45, 2.75) is 26.5 Å². The molecule has 0 unspecified atom stereocenters. The molecule has 0 aliphatic heterocycles. The van der Waals surface area contributed by atoms with E-state index in [9.17, 15) is 9.59 Å². The Labute approximate surface area is 118 Å². The Kier molecular flexibility index (Phi) is 7.13. The van der Waals surface area contributed by atoms with Crippen molar-refractivity contribution in [2.75, 3.05) is 13.2 Å². The summed E-state index contributed by atoms with van der Waals surface area (Å²) in [5.74, 6) is -0.938. The van der Waals surface area contributed by atoms with Crippen LogP contribution in [-0.2, 0) is 22.7 Å². The zero-order chi connectivity index (χ0) is 14.8. The van der Waals surface area contributed by atoms with Crippen LogP contribution in [0.1, 0.15) is 24.5 Å². The Bertz CT molecular complexity index is 449. The van der Waals surface area contributed by atoms with Crippen LogP contribution >= 0.6 is 0 Å². The smallest absolute Gasteiger partial charge is 0.315 e. The predicted molar refractivity (Wildman–Crippen MR) is 74.3 cm³/mol. The van der Waals surface area contributed by atoms with Crippen molar-refractivity contribution in [1.82, 2.24) is 10.6 Å². The SMILES string of the molecule is CCOCc1ccccc1CNC(=O)NCCC(=O)O. The molecule has 1 aromatic carbocycles. The zero-order valence-corrected chi connectivity index (χ0v) is 11.5. The number of carboxylic acids is 1. The van der Waals surface area contributed by atoms with Crippen LogP contribution < -0.4 is 10.6 Å². The highest BCUT2D eigenvalue weighted by Crippen LogP contribution is 2.09. The monoisotopic (exact) mass is 280 g/mol. The van der Waals surface area contributed by atoms with Crippen LogP contribution in [0.5, 0.6) is 0 Å². The largest absolute Gasteiger partial charge is 0.481 e. The highest BCUT2D eigenvalue weighted by atomic mass is 16.5. The summed E-state index contributed by atoms with van der Waals surface area (Å²) in [5, 5.41) is 13.6. The molecule has 0 fully saturated rings. The second kappa shape index (κ2) is 8.92. The topological polar surface area (TPSA) is 87.7 Å². The maximum absolute atomic E-state index is 11.5. The molecule has 0 heterocycles. The number of aliphatic carboxylic acids is 1. The van der Waals surface area contributed by atoms with Crippen molar-refractivity contribution < 1.29 is 19.4 Å². The van der Waals surface area contributed by atoms with Gasteiger partial charge in [-0.1, -0.05) is 24.3 Å². The molecule has 6 heteroatoms. The summed E-state index contributed by atoms with van der Waals surface area (Å²) in [6, 6.07) is 7.32. The summed E-state index contributed by atoms with van der Waals surface area (Å²) in [5.41, 5.74) is 2.01. The van der Waals surface area contributed by atoms with Crippen molar-refractivity contribution >= 4 is 12.0 Å². The van der Waals surface area contributed by atoms with E-state index in [-0.39, 0.29) is 19.0 Å². The number of hydrogen-bond acceptors (Lipinski definition) is 3. The fourth-order valence-corrected chi connectivity index (χ4v) is 1.60. The summed E-state index contributed by atoms with van der Waals surface area (Å²) in [6.45, 7) is 3.56. The lowest BCUT2D eigenvalue weighted by molar-refractivity contribution is -0.136. The third-order valence-electron chi connectivity index (χ3n) is 2.64. The molecular formula is C14H20N2O4. The fraction of sp³-hybridized carbons (Fsp3) is 0.429. The van der Waals surface area contributed by atoms with Gasteiger partial charge in [0.15, 0.2) is 0 Å². The standard InChI is InChI=1S/C14H20N2O4/c1-2-20-10-12-6-4-3-5-11(12)9-16-14(19)15-8-7-13(17)18/h3-6H,2,7-10H2,1H3,(H,17,18)(H2,15,16,19). The molecule has 0 spiro atoms. The van der Waals surface area contributed by atoms with Crippen LogP contribution in [-0.4, -0.2) is 30.3 Å². The summed E-state index contributed by atoms with van der Waals surface area (Å²) in [7, 11) is 0. The zero-order valence-electron chi connectivity index (χ0n) is 11.5. The highest BCUT2D eigenvalue weighted by molar-refractivity contribution is 5.75. The normalized spacial score (nSPS) is 10.1. The van der Waals surface area contributed by atoms with E-state index in [0.717, 1.165) is 11.1 Å². The van der Waals surface area contributed by atoms with Crippen molar-refractivity contribution in [2.24, 2.45) is 0 Å². The molecule has 1 rings (SSSR count). The van der Waals surface area contributed by atoms with E-state index >= 15 is 0 Å². The molecule has 6 nitrogen and oxygen atoms in total. The third-order valence-corrected chi connectivity index (χ3v) is 2.64. The number of amides is 2. The van der Waals surface area contributed by atoms with Crippen LogP contribution in [0.15, 0.2) is 24.3 Å². The molecule has 0 saturated heterocycles. The number of urea groups is 1. The minimum atomic E-state index is -0.938. The van der Waals surface area contributed by atoms with E-state index in [1.807, 2.05) is 31.2 Å². The minimum absolute atomic E-state index is 0.0889. The van der Waals surface area contributed by atoms with Gasteiger partial charge >= 0.3 is 12.0 Å². The number of benzene rings is 1. The van der Waals surface area contributed by atoms with Gasteiger partial charge in [0, 0.05) is 19.7 Å². The first-order valence-corrected chi connectivity index (χ1v) is 6.51. The number of ether oxygens (including phenoxy) is 1. The molecule has 0 bridgehead atoms. The Balaban J connectivity index is 2.40. The van der Waals surface area contributed by atoms with Crippen LogP contribution in [0.3, 0.4) is 0 Å². The van der Waals surface area contributed by atoms with Gasteiger partial charge in [-0.15, -0.1) is 0 Å². The average Bonchev–Trinajstić information content (AvgIpc) is 2.43. The van der Waals surface area contributed by atoms with Crippen molar-refractivity contribution in [3.63, 3.8) is 0 Å². The van der Waals surface area contributed by atoms with Crippen LogP contribution in [0.4, 0.5) is 4.79 Å². The summed E-state index contributed by atoms with van der Waals surface area (Å²) >= 11 is 0. The van der Waals surface area contributed by atoms with Gasteiger partial charge in [0.25, 0.3) is 0 Å². The second-order valence-corrected chi connectivity index (χ2v) is 4.16. The Hall–Kier alpha value is -2.08. The van der Waals surface area contributed by atoms with Gasteiger partial charge in [-0.2, -0.15) is 0 Å². The van der Waals surface area contributed by atoms with Gasteiger partial charge < -0.3 is 20.5 Å². The number of carbonyl (C=O) groups excluding carboxylic acids is 1. The molecule has 2 amide bonds. The third kappa shape index (κ3) is 6.19. The molecule has 0 aliphatic rings. The first kappa shape index (κ1) is 16.0. The molecule has 20 heavy (non-hydrogen) atoms. The molecule has 3 N–H and O–H groups in total. The second-order valence-electron chi connectivity index (χ2n) is 4.16. The Morgan fingerprint density at radius 2 is 1.90 bits per heavy atom. The van der Waals surface area contributed by atoms with Gasteiger partial charge in [0.1, 0.15) is 0 Å². The average molecular weight is 280 g/mol. The number of rotatable bonds is 8. The highest BCUT2D eigenvalue weighted by Gasteiger charge is 2.05. The van der Waals surface area contributed by atoms with E-state index in [4.69, 9.17) is 9.84 Å². The van der Waals surface area contributed by atoms with Crippen LogP contribution in [0.25, 0.3) is 0 Å². The molecule has 1 aromatic rings. The summed E-state index contributed by atoms with van der Waals surface area (Å²) in [6.07, 6.45) is -0.0889. The van der Waals surface area contributed by atoms with Gasteiger partial charge in [-0.3, -0.25) is 4.79 Å². The van der Waals surface area contributed by atoms with Crippen molar-refractivity contribution in [1.29, 1.82) is 0 Å². The van der Waals surface area contributed by atoms with Gasteiger partial charge in [0.05, 0.1) is 13.0 Å². The number of carboxylic acid groups (broad SMARTS) is 1. The lowest BCUT2D eigenvalue weighted by Crippen LogP contribution is -2.36. The van der Waals surface area contributed by atoms with E-state index in [1.165, 1.54) is 0 Å². The first-order chi connectivity index (χ1) is 9.63. The number of hydrogen-bond donors (Lipinski definition) is 3. The Morgan fingerprint density at radius 3 is 2.55 bits per heavy atom. The first-order valence-electron chi connectivity index (χ1n) is 6.51. The van der Waals surface area contributed by atoms with E-state index < -0.39 is 5.97 Å². The van der Waals surface area contributed by atoms with Gasteiger partial charge in [-0.25, -0.2) is 4.79 Å². The van der Waals surface area contributed by atoms with Crippen LogP contribution in [0, 0.1) is 0 Å². The number of nitrogens with one attached hydrogen (secondary N) is 2. The van der Waals surface area contributed by atoms with E-state index in [1.54, 1.807) is 0 Å². The molecular weight excluding hydrogens is 260 g/mol. The summed E-state index contributed by atoms with van der Waals surface area (Å²) in [4.78, 5) is 21.8. The van der Waals surface area contributed by atoms with E-state index in [2.05, 4.69) is 10.6 Å². The molecule has 0 radical (unpaired) electrons. The van der Waals surface area contributed by atoms with E-state index in [0.29, 0.717) is 19.8 Å². The predicted octanol–water partition coefficient (Wildman–Crippen LogP) is 1.50. The maximum Gasteiger partial charge on any atom is 0.315 e.